The predicted octanol–water partition coefficient (Wildman–Crippen LogP) is 2.83. The van der Waals surface area contributed by atoms with E-state index in [2.05, 4.69) is 56.1 Å². The average Bonchev–Trinajstić information content (AvgIpc) is 2.49. The van der Waals surface area contributed by atoms with E-state index in [1.54, 1.807) is 7.11 Å². The summed E-state index contributed by atoms with van der Waals surface area (Å²) in [5.41, 5.74) is 2.24. The third kappa shape index (κ3) is 7.02. The van der Waals surface area contributed by atoms with Gasteiger partial charge in [-0.3, -0.25) is 9.88 Å². The van der Waals surface area contributed by atoms with Gasteiger partial charge in [0, 0.05) is 38.8 Å². The summed E-state index contributed by atoms with van der Waals surface area (Å²) >= 11 is 0. The highest BCUT2D eigenvalue weighted by Gasteiger charge is 2.13. The van der Waals surface area contributed by atoms with Crippen LogP contribution in [0.3, 0.4) is 0 Å². The minimum Gasteiger partial charge on any atom is -0.383 e. The smallest absolute Gasteiger partial charge is 0.0589 e. The Bertz CT molecular complexity index is 395. The second kappa shape index (κ2) is 9.87. The van der Waals surface area contributed by atoms with Crippen molar-refractivity contribution in [2.45, 2.75) is 59.3 Å². The molecule has 0 radical (unpaired) electrons. The molecule has 0 amide bonds. The maximum atomic E-state index is 5.22. The van der Waals surface area contributed by atoms with Gasteiger partial charge in [-0.25, -0.2) is 0 Å². The lowest BCUT2D eigenvalue weighted by Gasteiger charge is -2.27. The summed E-state index contributed by atoms with van der Waals surface area (Å²) in [5.74, 6) is 0. The van der Waals surface area contributed by atoms with E-state index in [0.29, 0.717) is 12.1 Å². The van der Waals surface area contributed by atoms with E-state index in [4.69, 9.17) is 9.72 Å². The van der Waals surface area contributed by atoms with Crippen molar-refractivity contribution in [1.29, 1.82) is 0 Å². The molecule has 4 nitrogen and oxygen atoms in total. The van der Waals surface area contributed by atoms with Crippen LogP contribution in [-0.4, -0.2) is 42.2 Å². The lowest BCUT2D eigenvalue weighted by Crippen LogP contribution is -2.35. The maximum absolute atomic E-state index is 5.22. The van der Waals surface area contributed by atoms with Crippen LogP contribution in [0.25, 0.3) is 0 Å². The van der Waals surface area contributed by atoms with Gasteiger partial charge in [-0.1, -0.05) is 26.8 Å². The number of nitrogens with one attached hydrogen (secondary N) is 1. The first-order chi connectivity index (χ1) is 10.1. The second-order valence-corrected chi connectivity index (χ2v) is 5.88. The Balaban J connectivity index is 2.67. The Morgan fingerprint density at radius 2 is 1.95 bits per heavy atom. The zero-order chi connectivity index (χ0) is 15.7. The fourth-order valence-electron chi connectivity index (χ4n) is 2.15. The first kappa shape index (κ1) is 18.1. The van der Waals surface area contributed by atoms with Gasteiger partial charge in [-0.15, -0.1) is 0 Å². The molecule has 1 aromatic rings. The summed E-state index contributed by atoms with van der Waals surface area (Å²) in [6, 6.07) is 7.32. The normalized spacial score (nSPS) is 13.1. The van der Waals surface area contributed by atoms with E-state index in [1.807, 2.05) is 0 Å². The van der Waals surface area contributed by atoms with Crippen LogP contribution < -0.4 is 5.32 Å². The summed E-state index contributed by atoms with van der Waals surface area (Å²) in [7, 11) is 1.76. The Morgan fingerprint density at radius 1 is 1.24 bits per heavy atom. The third-order valence-electron chi connectivity index (χ3n) is 3.72. The van der Waals surface area contributed by atoms with Crippen LogP contribution in [-0.2, 0) is 17.8 Å². The van der Waals surface area contributed by atoms with Gasteiger partial charge >= 0.3 is 0 Å². The quantitative estimate of drug-likeness (QED) is 0.720. The van der Waals surface area contributed by atoms with Crippen LogP contribution in [0.2, 0.25) is 0 Å². The molecular formula is C17H31N3O. The van der Waals surface area contributed by atoms with Crippen molar-refractivity contribution in [3.63, 3.8) is 0 Å². The van der Waals surface area contributed by atoms with Crippen LogP contribution in [0.5, 0.6) is 0 Å². The van der Waals surface area contributed by atoms with E-state index in [1.165, 1.54) is 0 Å². The predicted molar refractivity (Wildman–Crippen MR) is 88.3 cm³/mol. The third-order valence-corrected chi connectivity index (χ3v) is 3.72. The van der Waals surface area contributed by atoms with Crippen molar-refractivity contribution in [2.24, 2.45) is 0 Å². The number of hydrogen-bond donors (Lipinski definition) is 1. The van der Waals surface area contributed by atoms with E-state index in [9.17, 15) is 0 Å². The summed E-state index contributed by atoms with van der Waals surface area (Å²) < 4.78 is 5.22. The Morgan fingerprint density at radius 3 is 2.57 bits per heavy atom. The van der Waals surface area contributed by atoms with Crippen LogP contribution in [0.15, 0.2) is 18.2 Å². The molecule has 0 spiro atoms. The SMILES string of the molecule is CCC(C)N(CCOC)Cc1cccc(CNC(C)C)n1. The monoisotopic (exact) mass is 293 g/mol. The molecular weight excluding hydrogens is 262 g/mol. The highest BCUT2D eigenvalue weighted by Crippen LogP contribution is 2.10. The molecule has 0 saturated carbocycles. The molecule has 0 aliphatic carbocycles. The first-order valence-corrected chi connectivity index (χ1v) is 7.98. The van der Waals surface area contributed by atoms with E-state index >= 15 is 0 Å². The first-order valence-electron chi connectivity index (χ1n) is 7.98. The summed E-state index contributed by atoms with van der Waals surface area (Å²) in [5, 5.41) is 3.41. The number of ether oxygens (including phenoxy) is 1. The molecule has 4 heteroatoms. The van der Waals surface area contributed by atoms with Crippen LogP contribution in [0.1, 0.15) is 45.5 Å². The molecule has 1 atom stereocenters. The molecule has 0 aromatic carbocycles. The van der Waals surface area contributed by atoms with Crippen molar-refractivity contribution in [1.82, 2.24) is 15.2 Å². The van der Waals surface area contributed by atoms with E-state index < -0.39 is 0 Å². The maximum Gasteiger partial charge on any atom is 0.0589 e. The molecule has 1 unspecified atom stereocenters. The minimum atomic E-state index is 0.480. The Labute approximate surface area is 129 Å². The van der Waals surface area contributed by atoms with Gasteiger partial charge < -0.3 is 10.1 Å². The molecule has 120 valence electrons. The van der Waals surface area contributed by atoms with Crippen molar-refractivity contribution in [3.05, 3.63) is 29.6 Å². The number of nitrogens with zero attached hydrogens (tertiary/aromatic N) is 2. The highest BCUT2D eigenvalue weighted by atomic mass is 16.5. The second-order valence-electron chi connectivity index (χ2n) is 5.88. The lowest BCUT2D eigenvalue weighted by atomic mass is 10.2. The number of methoxy groups -OCH3 is 1. The van der Waals surface area contributed by atoms with Gasteiger partial charge in [0.05, 0.1) is 18.0 Å². The topological polar surface area (TPSA) is 37.4 Å². The van der Waals surface area contributed by atoms with Gasteiger partial charge in [0.25, 0.3) is 0 Å². The zero-order valence-corrected chi connectivity index (χ0v) is 14.2. The van der Waals surface area contributed by atoms with Crippen molar-refractivity contribution in [3.8, 4) is 0 Å². The van der Waals surface area contributed by atoms with E-state index in [-0.39, 0.29) is 0 Å². The van der Waals surface area contributed by atoms with Crippen molar-refractivity contribution >= 4 is 0 Å². The number of aromatic nitrogens is 1. The molecule has 1 aromatic heterocycles. The largest absolute Gasteiger partial charge is 0.383 e. The van der Waals surface area contributed by atoms with Crippen molar-refractivity contribution in [2.75, 3.05) is 20.3 Å². The molecule has 0 aliphatic rings. The molecule has 0 bridgehead atoms. The van der Waals surface area contributed by atoms with Crippen molar-refractivity contribution < 1.29 is 4.74 Å². The van der Waals surface area contributed by atoms with Gasteiger partial charge in [0.1, 0.15) is 0 Å². The zero-order valence-electron chi connectivity index (χ0n) is 14.2. The molecule has 1 rings (SSSR count). The van der Waals surface area contributed by atoms with Crippen LogP contribution in [0, 0.1) is 0 Å². The fraction of sp³-hybridized carbons (Fsp3) is 0.706. The number of pyridine rings is 1. The lowest BCUT2D eigenvalue weighted by molar-refractivity contribution is 0.117. The molecule has 1 heterocycles. The number of hydrogen-bond acceptors (Lipinski definition) is 4. The molecule has 0 fully saturated rings. The molecule has 1 N–H and O–H groups in total. The van der Waals surface area contributed by atoms with Crippen LogP contribution >= 0.6 is 0 Å². The van der Waals surface area contributed by atoms with Gasteiger partial charge in [-0.05, 0) is 25.5 Å². The highest BCUT2D eigenvalue weighted by molar-refractivity contribution is 5.11. The van der Waals surface area contributed by atoms with Gasteiger partial charge in [0.2, 0.25) is 0 Å². The molecule has 21 heavy (non-hydrogen) atoms. The van der Waals surface area contributed by atoms with Gasteiger partial charge in [0.15, 0.2) is 0 Å². The fourth-order valence-corrected chi connectivity index (χ4v) is 2.15. The molecule has 0 aliphatic heterocycles. The van der Waals surface area contributed by atoms with Crippen LogP contribution in [0.4, 0.5) is 0 Å². The Hall–Kier alpha value is -0.970. The van der Waals surface area contributed by atoms with E-state index in [0.717, 1.165) is 44.0 Å². The number of rotatable bonds is 10. The minimum absolute atomic E-state index is 0.480. The summed E-state index contributed by atoms with van der Waals surface area (Å²) in [4.78, 5) is 7.20. The van der Waals surface area contributed by atoms with Gasteiger partial charge in [-0.2, -0.15) is 0 Å². The average molecular weight is 293 g/mol. The summed E-state index contributed by atoms with van der Waals surface area (Å²) in [6.07, 6.45) is 1.14. The molecule has 0 saturated heterocycles. The standard InChI is InChI=1S/C17H31N3O/c1-6-15(4)20(10-11-21-5)13-17-9-7-8-16(19-17)12-18-14(2)3/h7-9,14-15,18H,6,10-13H2,1-5H3. The Kier molecular flexibility index (Phi) is 8.50. The summed E-state index contributed by atoms with van der Waals surface area (Å²) in [6.45, 7) is 12.2.